The minimum atomic E-state index is -3.62. The molecule has 0 saturated carbocycles. The van der Waals surface area contributed by atoms with Crippen molar-refractivity contribution in [3.8, 4) is 0 Å². The number of benzene rings is 3. The molecule has 5 rings (SSSR count). The number of amides is 2. The van der Waals surface area contributed by atoms with Crippen LogP contribution in [0.3, 0.4) is 0 Å². The average Bonchev–Trinajstić information content (AvgIpc) is 3.13. The normalized spacial score (nSPS) is 16.9. The molecule has 0 radical (unpaired) electrons. The highest BCUT2D eigenvalue weighted by molar-refractivity contribution is 7.89. The molecule has 9 heteroatoms. The van der Waals surface area contributed by atoms with E-state index in [1.165, 1.54) is 16.4 Å². The summed E-state index contributed by atoms with van der Waals surface area (Å²) in [6.07, 6.45) is 0.865. The Balaban J connectivity index is 1.31. The largest absolute Gasteiger partial charge is 0.325 e. The first kappa shape index (κ1) is 22.8. The van der Waals surface area contributed by atoms with E-state index in [1.807, 2.05) is 37.3 Å². The van der Waals surface area contributed by atoms with Crippen LogP contribution in [0.2, 0.25) is 5.02 Å². The van der Waals surface area contributed by atoms with Crippen molar-refractivity contribution in [1.82, 2.24) is 4.31 Å². The number of nitrogens with zero attached hydrogens (tertiary/aromatic N) is 2. The highest BCUT2D eigenvalue weighted by Crippen LogP contribution is 2.40. The summed E-state index contributed by atoms with van der Waals surface area (Å²) in [6, 6.07) is 15.4. The second-order valence-electron chi connectivity index (χ2n) is 8.53. The Morgan fingerprint density at radius 3 is 2.44 bits per heavy atom. The van der Waals surface area contributed by atoms with Gasteiger partial charge in [-0.15, -0.1) is 0 Å². The topological polar surface area (TPSA) is 86.8 Å². The summed E-state index contributed by atoms with van der Waals surface area (Å²) < 4.78 is 27.2. The molecule has 0 aromatic heterocycles. The van der Waals surface area contributed by atoms with Gasteiger partial charge in [-0.05, 0) is 62.2 Å². The second-order valence-corrected chi connectivity index (χ2v) is 10.9. The maximum atomic E-state index is 13.1. The van der Waals surface area contributed by atoms with E-state index in [-0.39, 0.29) is 35.7 Å². The number of sulfonamides is 1. The van der Waals surface area contributed by atoms with E-state index in [1.54, 1.807) is 17.0 Å². The van der Waals surface area contributed by atoms with Gasteiger partial charge in [0, 0.05) is 52.6 Å². The molecular weight excluding hydrogens is 474 g/mol. The van der Waals surface area contributed by atoms with Gasteiger partial charge in [-0.1, -0.05) is 23.7 Å². The fraction of sp³-hybridized carbons (Fsp3) is 0.280. The van der Waals surface area contributed by atoms with Crippen LogP contribution >= 0.6 is 11.6 Å². The Labute approximate surface area is 203 Å². The summed E-state index contributed by atoms with van der Waals surface area (Å²) in [4.78, 5) is 27.7. The molecule has 2 aliphatic rings. The van der Waals surface area contributed by atoms with E-state index < -0.39 is 10.0 Å². The molecule has 0 bridgehead atoms. The van der Waals surface area contributed by atoms with Crippen LogP contribution in [0, 0.1) is 5.92 Å². The minimum Gasteiger partial charge on any atom is -0.325 e. The maximum absolute atomic E-state index is 13.1. The molecule has 0 atom stereocenters. The molecule has 34 heavy (non-hydrogen) atoms. The zero-order valence-corrected chi connectivity index (χ0v) is 20.2. The Hall–Kier alpha value is -2.94. The predicted molar refractivity (Wildman–Crippen MR) is 133 cm³/mol. The fourth-order valence-electron chi connectivity index (χ4n) is 4.82. The maximum Gasteiger partial charge on any atom is 0.258 e. The number of anilines is 2. The van der Waals surface area contributed by atoms with Crippen LogP contribution in [0.4, 0.5) is 11.4 Å². The van der Waals surface area contributed by atoms with Crippen molar-refractivity contribution in [2.75, 3.05) is 29.9 Å². The van der Waals surface area contributed by atoms with Crippen molar-refractivity contribution >= 4 is 55.6 Å². The summed E-state index contributed by atoms with van der Waals surface area (Å²) >= 11 is 5.87. The predicted octanol–water partition coefficient (Wildman–Crippen LogP) is 4.51. The lowest BCUT2D eigenvalue weighted by molar-refractivity contribution is -0.120. The molecule has 2 heterocycles. The number of hydrogen-bond donors (Lipinski definition) is 1. The van der Waals surface area contributed by atoms with Crippen molar-refractivity contribution < 1.29 is 18.0 Å². The standard InChI is InChI=1S/C25H24ClN3O4S/c1-2-29-22-11-10-21(19-4-3-5-20(23(19)22)25(29)31)27-24(30)16-12-14-28(15-13-16)34(32,33)18-8-6-17(26)7-9-18/h3-11,16H,2,12-15H2,1H3,(H,27,30). The van der Waals surface area contributed by atoms with Crippen molar-refractivity contribution in [2.45, 2.75) is 24.7 Å². The summed E-state index contributed by atoms with van der Waals surface area (Å²) in [5, 5.41) is 5.19. The van der Waals surface area contributed by atoms with E-state index in [9.17, 15) is 18.0 Å². The Kier molecular flexibility index (Phi) is 5.83. The highest BCUT2D eigenvalue weighted by Gasteiger charge is 2.33. The number of carbonyl (C=O) groups is 2. The third-order valence-electron chi connectivity index (χ3n) is 6.64. The fourth-order valence-corrected chi connectivity index (χ4v) is 6.41. The first-order chi connectivity index (χ1) is 16.3. The van der Waals surface area contributed by atoms with E-state index in [0.717, 1.165) is 16.5 Å². The van der Waals surface area contributed by atoms with Crippen molar-refractivity contribution in [1.29, 1.82) is 0 Å². The van der Waals surface area contributed by atoms with Gasteiger partial charge < -0.3 is 10.2 Å². The van der Waals surface area contributed by atoms with Crippen molar-refractivity contribution in [3.63, 3.8) is 0 Å². The summed E-state index contributed by atoms with van der Waals surface area (Å²) in [6.45, 7) is 3.05. The molecule has 7 nitrogen and oxygen atoms in total. The summed E-state index contributed by atoms with van der Waals surface area (Å²) in [5.41, 5.74) is 2.16. The van der Waals surface area contributed by atoms with Gasteiger partial charge in [0.05, 0.1) is 10.6 Å². The van der Waals surface area contributed by atoms with Gasteiger partial charge >= 0.3 is 0 Å². The monoisotopic (exact) mass is 497 g/mol. The third-order valence-corrected chi connectivity index (χ3v) is 8.80. The molecule has 176 valence electrons. The first-order valence-electron chi connectivity index (χ1n) is 11.3. The molecule has 1 fully saturated rings. The molecule has 0 spiro atoms. The van der Waals surface area contributed by atoms with Crippen LogP contribution in [0.15, 0.2) is 59.5 Å². The molecule has 0 aliphatic carbocycles. The van der Waals surface area contributed by atoms with Gasteiger partial charge in [0.1, 0.15) is 0 Å². The van der Waals surface area contributed by atoms with Gasteiger partial charge in [0.15, 0.2) is 0 Å². The lowest BCUT2D eigenvalue weighted by atomic mass is 9.96. The molecule has 3 aromatic rings. The summed E-state index contributed by atoms with van der Waals surface area (Å²) in [7, 11) is -3.62. The Morgan fingerprint density at radius 1 is 1.06 bits per heavy atom. The van der Waals surface area contributed by atoms with E-state index in [0.29, 0.717) is 35.7 Å². The number of carbonyl (C=O) groups excluding carboxylic acids is 2. The van der Waals surface area contributed by atoms with Crippen molar-refractivity contribution in [2.24, 2.45) is 5.92 Å². The smallest absolute Gasteiger partial charge is 0.258 e. The van der Waals surface area contributed by atoms with Crippen LogP contribution < -0.4 is 10.2 Å². The number of rotatable bonds is 5. The van der Waals surface area contributed by atoms with Crippen molar-refractivity contribution in [3.05, 3.63) is 65.2 Å². The van der Waals surface area contributed by atoms with Crippen LogP contribution in [-0.4, -0.2) is 44.2 Å². The quantitative estimate of drug-likeness (QED) is 0.561. The van der Waals surface area contributed by atoms with Crippen LogP contribution in [0.1, 0.15) is 30.1 Å². The van der Waals surface area contributed by atoms with Crippen LogP contribution in [0.25, 0.3) is 10.8 Å². The van der Waals surface area contributed by atoms with Gasteiger partial charge in [0.25, 0.3) is 5.91 Å². The van der Waals surface area contributed by atoms with E-state index >= 15 is 0 Å². The van der Waals surface area contributed by atoms with Crippen LogP contribution in [0.5, 0.6) is 0 Å². The number of nitrogens with one attached hydrogen (secondary N) is 1. The van der Waals surface area contributed by atoms with Crippen LogP contribution in [-0.2, 0) is 14.8 Å². The second kappa shape index (κ2) is 8.69. The Morgan fingerprint density at radius 2 is 1.76 bits per heavy atom. The lowest BCUT2D eigenvalue weighted by Gasteiger charge is -2.30. The van der Waals surface area contributed by atoms with Gasteiger partial charge in [-0.3, -0.25) is 9.59 Å². The molecule has 1 N–H and O–H groups in total. The molecular formula is C25H24ClN3O4S. The molecule has 2 amide bonds. The molecule has 3 aromatic carbocycles. The zero-order valence-electron chi connectivity index (χ0n) is 18.6. The van der Waals surface area contributed by atoms with Gasteiger partial charge in [-0.25, -0.2) is 8.42 Å². The van der Waals surface area contributed by atoms with E-state index in [4.69, 9.17) is 11.6 Å². The number of piperidine rings is 1. The molecule has 0 unspecified atom stereocenters. The average molecular weight is 498 g/mol. The minimum absolute atomic E-state index is 0.0270. The number of halogens is 1. The highest BCUT2D eigenvalue weighted by atomic mass is 35.5. The van der Waals surface area contributed by atoms with Gasteiger partial charge in [-0.2, -0.15) is 4.31 Å². The molecule has 1 saturated heterocycles. The first-order valence-corrected chi connectivity index (χ1v) is 13.1. The third kappa shape index (κ3) is 3.76. The number of hydrogen-bond acceptors (Lipinski definition) is 4. The molecule has 2 aliphatic heterocycles. The van der Waals surface area contributed by atoms with E-state index in [2.05, 4.69) is 5.32 Å². The Bertz CT molecular complexity index is 1400. The summed E-state index contributed by atoms with van der Waals surface area (Å²) in [5.74, 6) is -0.463. The zero-order chi connectivity index (χ0) is 24.0. The van der Waals surface area contributed by atoms with Gasteiger partial charge in [0.2, 0.25) is 15.9 Å². The SMILES string of the molecule is CCN1C(=O)c2cccc3c(NC(=O)C4CCN(S(=O)(=O)c5ccc(Cl)cc5)CC4)ccc1c23. The lowest BCUT2D eigenvalue weighted by Crippen LogP contribution is -2.41.